The molecule has 0 bridgehead atoms. The number of carbonyl (C=O) groups excluding carboxylic acids is 1. The number of methoxy groups -OCH3 is 2. The van der Waals surface area contributed by atoms with Crippen molar-refractivity contribution in [2.24, 2.45) is 0 Å². The summed E-state index contributed by atoms with van der Waals surface area (Å²) in [6.45, 7) is 0.592. The van der Waals surface area contributed by atoms with Crippen molar-refractivity contribution in [3.05, 3.63) is 58.6 Å². The van der Waals surface area contributed by atoms with E-state index >= 15 is 0 Å². The standard InChI is InChI=1S/C19H22ClNO3/c1-23-17-7-8-18(24-2)15(13-17)6-9-19(22)21-11-10-14-4-3-5-16(20)12-14/h3-5,7-8,12-13H,6,9-11H2,1-2H3,(H,21,22). The van der Waals surface area contributed by atoms with Crippen LogP contribution in [0.4, 0.5) is 0 Å². The average molecular weight is 348 g/mol. The highest BCUT2D eigenvalue weighted by atomic mass is 35.5. The smallest absolute Gasteiger partial charge is 0.220 e. The van der Waals surface area contributed by atoms with E-state index in [2.05, 4.69) is 5.32 Å². The van der Waals surface area contributed by atoms with E-state index in [0.717, 1.165) is 29.0 Å². The van der Waals surface area contributed by atoms with Gasteiger partial charge < -0.3 is 14.8 Å². The Morgan fingerprint density at radius 2 is 1.92 bits per heavy atom. The molecule has 2 rings (SSSR count). The summed E-state index contributed by atoms with van der Waals surface area (Å²) >= 11 is 5.95. The maximum atomic E-state index is 12.0. The average Bonchev–Trinajstić information content (AvgIpc) is 2.59. The van der Waals surface area contributed by atoms with Crippen LogP contribution < -0.4 is 14.8 Å². The maximum absolute atomic E-state index is 12.0. The molecular formula is C19H22ClNO3. The predicted molar refractivity (Wildman–Crippen MR) is 96.0 cm³/mol. The van der Waals surface area contributed by atoms with Crippen molar-refractivity contribution in [1.82, 2.24) is 5.32 Å². The number of hydrogen-bond donors (Lipinski definition) is 1. The molecule has 0 aliphatic rings. The van der Waals surface area contributed by atoms with Crippen molar-refractivity contribution in [3.63, 3.8) is 0 Å². The molecule has 0 atom stereocenters. The Morgan fingerprint density at radius 3 is 2.62 bits per heavy atom. The Morgan fingerprint density at radius 1 is 1.08 bits per heavy atom. The lowest BCUT2D eigenvalue weighted by atomic mass is 10.1. The first-order valence-electron chi connectivity index (χ1n) is 7.84. The van der Waals surface area contributed by atoms with Gasteiger partial charge in [-0.05, 0) is 54.3 Å². The van der Waals surface area contributed by atoms with Crippen molar-refractivity contribution in [3.8, 4) is 11.5 Å². The molecule has 0 heterocycles. The third kappa shape index (κ3) is 5.46. The fraction of sp³-hybridized carbons (Fsp3) is 0.316. The van der Waals surface area contributed by atoms with Crippen molar-refractivity contribution in [2.75, 3.05) is 20.8 Å². The van der Waals surface area contributed by atoms with E-state index in [-0.39, 0.29) is 5.91 Å². The minimum Gasteiger partial charge on any atom is -0.497 e. The van der Waals surface area contributed by atoms with Gasteiger partial charge in [0.1, 0.15) is 11.5 Å². The van der Waals surface area contributed by atoms with E-state index in [1.807, 2.05) is 42.5 Å². The molecule has 0 unspecified atom stereocenters. The number of benzene rings is 2. The Hall–Kier alpha value is -2.20. The first-order chi connectivity index (χ1) is 11.6. The van der Waals surface area contributed by atoms with Crippen LogP contribution in [0, 0.1) is 0 Å². The second kappa shape index (κ2) is 9.18. The zero-order chi connectivity index (χ0) is 17.4. The van der Waals surface area contributed by atoms with Gasteiger partial charge in [0.2, 0.25) is 5.91 Å². The largest absolute Gasteiger partial charge is 0.497 e. The molecule has 1 amide bonds. The van der Waals surface area contributed by atoms with Gasteiger partial charge in [0.05, 0.1) is 14.2 Å². The quantitative estimate of drug-likeness (QED) is 0.793. The molecule has 5 heteroatoms. The van der Waals surface area contributed by atoms with Crippen LogP contribution in [0.3, 0.4) is 0 Å². The highest BCUT2D eigenvalue weighted by Crippen LogP contribution is 2.25. The van der Waals surface area contributed by atoms with Crippen LogP contribution in [0.15, 0.2) is 42.5 Å². The molecule has 0 aliphatic heterocycles. The molecule has 0 fully saturated rings. The van der Waals surface area contributed by atoms with E-state index in [0.29, 0.717) is 24.4 Å². The van der Waals surface area contributed by atoms with Crippen LogP contribution in [0.25, 0.3) is 0 Å². The fourth-order valence-electron chi connectivity index (χ4n) is 2.45. The topological polar surface area (TPSA) is 47.6 Å². The van der Waals surface area contributed by atoms with E-state index in [1.165, 1.54) is 0 Å². The third-order valence-electron chi connectivity index (χ3n) is 3.73. The lowest BCUT2D eigenvalue weighted by Gasteiger charge is -2.10. The Balaban J connectivity index is 1.81. The van der Waals surface area contributed by atoms with E-state index in [1.54, 1.807) is 14.2 Å². The van der Waals surface area contributed by atoms with Gasteiger partial charge in [-0.25, -0.2) is 0 Å². The summed E-state index contributed by atoms with van der Waals surface area (Å²) in [4.78, 5) is 12.0. The number of halogens is 1. The number of amides is 1. The molecule has 0 radical (unpaired) electrons. The van der Waals surface area contributed by atoms with Gasteiger partial charge in [0.25, 0.3) is 0 Å². The predicted octanol–water partition coefficient (Wildman–Crippen LogP) is 3.65. The Bertz CT molecular complexity index is 688. The van der Waals surface area contributed by atoms with Crippen LogP contribution in [-0.4, -0.2) is 26.7 Å². The molecule has 0 saturated heterocycles. The van der Waals surface area contributed by atoms with E-state index < -0.39 is 0 Å². The lowest BCUT2D eigenvalue weighted by Crippen LogP contribution is -2.25. The zero-order valence-electron chi connectivity index (χ0n) is 14.0. The van der Waals surface area contributed by atoms with Gasteiger partial charge in [-0.15, -0.1) is 0 Å². The summed E-state index contributed by atoms with van der Waals surface area (Å²) in [6.07, 6.45) is 1.76. The monoisotopic (exact) mass is 347 g/mol. The Kier molecular flexibility index (Phi) is 6.94. The fourth-order valence-corrected chi connectivity index (χ4v) is 2.67. The number of rotatable bonds is 8. The minimum atomic E-state index is 0.0156. The first kappa shape index (κ1) is 18.1. The van der Waals surface area contributed by atoms with E-state index in [9.17, 15) is 4.79 Å². The third-order valence-corrected chi connectivity index (χ3v) is 3.97. The number of carbonyl (C=O) groups is 1. The molecule has 4 nitrogen and oxygen atoms in total. The van der Waals surface area contributed by atoms with Crippen LogP contribution in [0.2, 0.25) is 5.02 Å². The van der Waals surface area contributed by atoms with Crippen molar-refractivity contribution < 1.29 is 14.3 Å². The summed E-state index contributed by atoms with van der Waals surface area (Å²) in [5.74, 6) is 1.54. The summed E-state index contributed by atoms with van der Waals surface area (Å²) in [5.41, 5.74) is 2.07. The summed E-state index contributed by atoms with van der Waals surface area (Å²) < 4.78 is 10.5. The summed E-state index contributed by atoms with van der Waals surface area (Å²) in [6, 6.07) is 13.3. The zero-order valence-corrected chi connectivity index (χ0v) is 14.7. The molecule has 0 aliphatic carbocycles. The van der Waals surface area contributed by atoms with Crippen molar-refractivity contribution >= 4 is 17.5 Å². The molecular weight excluding hydrogens is 326 g/mol. The second-order valence-corrected chi connectivity index (χ2v) is 5.84. The number of aryl methyl sites for hydroxylation is 1. The van der Waals surface area contributed by atoms with Crippen LogP contribution >= 0.6 is 11.6 Å². The molecule has 24 heavy (non-hydrogen) atoms. The SMILES string of the molecule is COc1ccc(OC)c(CCC(=O)NCCc2cccc(Cl)c2)c1. The van der Waals surface area contributed by atoms with E-state index in [4.69, 9.17) is 21.1 Å². The molecule has 0 spiro atoms. The van der Waals surface area contributed by atoms with Crippen LogP contribution in [-0.2, 0) is 17.6 Å². The normalized spacial score (nSPS) is 10.3. The number of nitrogens with one attached hydrogen (secondary N) is 1. The van der Waals surface area contributed by atoms with Crippen LogP contribution in [0.5, 0.6) is 11.5 Å². The second-order valence-electron chi connectivity index (χ2n) is 5.41. The minimum absolute atomic E-state index is 0.0156. The molecule has 0 saturated carbocycles. The molecule has 0 aromatic heterocycles. The van der Waals surface area contributed by atoms with Gasteiger partial charge in [-0.2, -0.15) is 0 Å². The highest BCUT2D eigenvalue weighted by Gasteiger charge is 2.08. The van der Waals surface area contributed by atoms with Gasteiger partial charge >= 0.3 is 0 Å². The number of ether oxygens (including phenoxy) is 2. The molecule has 2 aromatic carbocycles. The highest BCUT2D eigenvalue weighted by molar-refractivity contribution is 6.30. The molecule has 128 valence electrons. The van der Waals surface area contributed by atoms with Crippen molar-refractivity contribution in [2.45, 2.75) is 19.3 Å². The first-order valence-corrected chi connectivity index (χ1v) is 8.22. The van der Waals surface area contributed by atoms with Gasteiger partial charge in [-0.1, -0.05) is 23.7 Å². The van der Waals surface area contributed by atoms with Crippen LogP contribution in [0.1, 0.15) is 17.5 Å². The summed E-state index contributed by atoms with van der Waals surface area (Å²) in [5, 5.41) is 3.64. The molecule has 1 N–H and O–H groups in total. The maximum Gasteiger partial charge on any atom is 0.220 e. The van der Waals surface area contributed by atoms with Gasteiger partial charge in [0.15, 0.2) is 0 Å². The number of hydrogen-bond acceptors (Lipinski definition) is 3. The molecule has 2 aromatic rings. The lowest BCUT2D eigenvalue weighted by molar-refractivity contribution is -0.121. The van der Waals surface area contributed by atoms with Gasteiger partial charge in [0, 0.05) is 18.0 Å². The summed E-state index contributed by atoms with van der Waals surface area (Å²) in [7, 11) is 3.24. The Labute approximate surface area is 147 Å². The van der Waals surface area contributed by atoms with Crippen molar-refractivity contribution in [1.29, 1.82) is 0 Å². The van der Waals surface area contributed by atoms with Gasteiger partial charge in [-0.3, -0.25) is 4.79 Å².